The van der Waals surface area contributed by atoms with E-state index in [9.17, 15) is 9.59 Å². The number of para-hydroxylation sites is 1. The molecule has 2 aromatic rings. The van der Waals surface area contributed by atoms with Gasteiger partial charge in [-0.05, 0) is 37.0 Å². The maximum absolute atomic E-state index is 13.0. The minimum atomic E-state index is -0.124. The Morgan fingerprint density at radius 1 is 0.909 bits per heavy atom. The Morgan fingerprint density at radius 3 is 2.21 bits per heavy atom. The van der Waals surface area contributed by atoms with Gasteiger partial charge in [0.25, 0.3) is 0 Å². The number of unbranched alkanes of at least 4 members (excludes halogenated alkanes) is 1. The van der Waals surface area contributed by atoms with Crippen LogP contribution in [0.15, 0.2) is 48.5 Å². The fourth-order valence-electron chi connectivity index (χ4n) is 4.25. The van der Waals surface area contributed by atoms with Gasteiger partial charge in [-0.25, -0.2) is 4.79 Å². The Bertz CT molecular complexity index is 887. The minimum absolute atomic E-state index is 0.124. The van der Waals surface area contributed by atoms with Crippen molar-refractivity contribution in [2.75, 3.05) is 44.6 Å². The van der Waals surface area contributed by atoms with Crippen molar-refractivity contribution in [1.29, 1.82) is 0 Å². The van der Waals surface area contributed by atoms with Crippen LogP contribution in [0.25, 0.3) is 0 Å². The molecule has 3 rings (SSSR count). The lowest BCUT2D eigenvalue weighted by Crippen LogP contribution is -2.49. The molecule has 3 amide bonds. The van der Waals surface area contributed by atoms with Crippen molar-refractivity contribution in [2.24, 2.45) is 0 Å². The maximum atomic E-state index is 13.0. The summed E-state index contributed by atoms with van der Waals surface area (Å²) in [6, 6.07) is 16.3. The molecule has 1 N–H and O–H groups in total. The number of hydrogen-bond donors (Lipinski definition) is 1. The van der Waals surface area contributed by atoms with Crippen molar-refractivity contribution in [3.05, 3.63) is 65.2 Å². The lowest BCUT2D eigenvalue weighted by Gasteiger charge is -2.35. The first kappa shape index (κ1) is 24.8. The van der Waals surface area contributed by atoms with Gasteiger partial charge in [0, 0.05) is 57.9 Å². The van der Waals surface area contributed by atoms with E-state index in [1.807, 2.05) is 43.0 Å². The smallest absolute Gasteiger partial charge is 0.321 e. The summed E-state index contributed by atoms with van der Waals surface area (Å²) in [5.41, 5.74) is 4.26. The van der Waals surface area contributed by atoms with Gasteiger partial charge in [-0.2, -0.15) is 0 Å². The van der Waals surface area contributed by atoms with E-state index < -0.39 is 0 Å². The SMILES string of the molecule is CCCCN(CCC(=O)N1CCN(Cc2ccccc2)CC1)C(=O)Nc1c(C)cccc1C. The predicted octanol–water partition coefficient (Wildman–Crippen LogP) is 4.67. The van der Waals surface area contributed by atoms with E-state index in [1.165, 1.54) is 5.56 Å². The molecule has 1 aliphatic rings. The number of nitrogens with zero attached hydrogens (tertiary/aromatic N) is 3. The number of urea groups is 1. The molecule has 0 unspecified atom stereocenters. The first-order chi connectivity index (χ1) is 16.0. The quantitative estimate of drug-likeness (QED) is 0.604. The highest BCUT2D eigenvalue weighted by molar-refractivity contribution is 5.91. The summed E-state index contributed by atoms with van der Waals surface area (Å²) in [4.78, 5) is 32.0. The largest absolute Gasteiger partial charge is 0.340 e. The van der Waals surface area contributed by atoms with Crippen molar-refractivity contribution < 1.29 is 9.59 Å². The predicted molar refractivity (Wildman–Crippen MR) is 134 cm³/mol. The molecule has 1 heterocycles. The standard InChI is InChI=1S/C27H38N4O2/c1-4-5-15-31(27(33)28-26-22(2)10-9-11-23(26)3)16-14-25(32)30-19-17-29(18-20-30)21-24-12-7-6-8-13-24/h6-13H,4-5,14-21H2,1-3H3,(H,28,33). The zero-order valence-electron chi connectivity index (χ0n) is 20.3. The van der Waals surface area contributed by atoms with Gasteiger partial charge < -0.3 is 15.1 Å². The molecule has 1 saturated heterocycles. The number of carbonyl (C=O) groups excluding carboxylic acids is 2. The van der Waals surface area contributed by atoms with Crippen LogP contribution in [-0.2, 0) is 11.3 Å². The van der Waals surface area contributed by atoms with Crippen LogP contribution in [0, 0.1) is 13.8 Å². The Balaban J connectivity index is 1.50. The van der Waals surface area contributed by atoms with E-state index in [-0.39, 0.29) is 11.9 Å². The van der Waals surface area contributed by atoms with Gasteiger partial charge in [0.1, 0.15) is 0 Å². The van der Waals surface area contributed by atoms with Crippen LogP contribution in [0.3, 0.4) is 0 Å². The zero-order chi connectivity index (χ0) is 23.6. The van der Waals surface area contributed by atoms with Gasteiger partial charge in [-0.15, -0.1) is 0 Å². The second kappa shape index (κ2) is 12.4. The summed E-state index contributed by atoms with van der Waals surface area (Å²) in [5, 5.41) is 3.08. The van der Waals surface area contributed by atoms with Crippen LogP contribution in [-0.4, -0.2) is 65.9 Å². The first-order valence-electron chi connectivity index (χ1n) is 12.1. The summed E-state index contributed by atoms with van der Waals surface area (Å²) in [5.74, 6) is 0.135. The highest BCUT2D eigenvalue weighted by Gasteiger charge is 2.23. The normalized spacial score (nSPS) is 14.2. The van der Waals surface area contributed by atoms with Crippen molar-refractivity contribution in [3.63, 3.8) is 0 Å². The lowest BCUT2D eigenvalue weighted by atomic mass is 10.1. The monoisotopic (exact) mass is 450 g/mol. The molecule has 1 aliphatic heterocycles. The van der Waals surface area contributed by atoms with Crippen molar-refractivity contribution >= 4 is 17.6 Å². The molecule has 0 bridgehead atoms. The minimum Gasteiger partial charge on any atom is -0.340 e. The summed E-state index contributed by atoms with van der Waals surface area (Å²) in [6.07, 6.45) is 2.29. The molecule has 178 valence electrons. The molecule has 0 spiro atoms. The summed E-state index contributed by atoms with van der Waals surface area (Å²) >= 11 is 0. The average molecular weight is 451 g/mol. The van der Waals surface area contributed by atoms with Gasteiger partial charge in [-0.3, -0.25) is 9.69 Å². The fraction of sp³-hybridized carbons (Fsp3) is 0.481. The third-order valence-corrected chi connectivity index (χ3v) is 6.35. The van der Waals surface area contributed by atoms with Gasteiger partial charge in [0.2, 0.25) is 5.91 Å². The topological polar surface area (TPSA) is 55.9 Å². The van der Waals surface area contributed by atoms with Gasteiger partial charge in [0.05, 0.1) is 0 Å². The van der Waals surface area contributed by atoms with Gasteiger partial charge >= 0.3 is 6.03 Å². The molecule has 0 aliphatic carbocycles. The Labute approximate surface area is 198 Å². The van der Waals surface area contributed by atoms with Crippen LogP contribution < -0.4 is 5.32 Å². The Morgan fingerprint density at radius 2 is 1.58 bits per heavy atom. The van der Waals surface area contributed by atoms with E-state index in [4.69, 9.17) is 0 Å². The average Bonchev–Trinajstić information content (AvgIpc) is 2.82. The molecule has 0 radical (unpaired) electrons. The molecule has 2 aromatic carbocycles. The molecule has 0 saturated carbocycles. The second-order valence-electron chi connectivity index (χ2n) is 8.93. The molecule has 33 heavy (non-hydrogen) atoms. The number of hydrogen-bond acceptors (Lipinski definition) is 3. The third kappa shape index (κ3) is 7.32. The van der Waals surface area contributed by atoms with E-state index in [0.29, 0.717) is 19.5 Å². The Kier molecular flexibility index (Phi) is 9.31. The number of nitrogens with one attached hydrogen (secondary N) is 1. The lowest BCUT2D eigenvalue weighted by molar-refractivity contribution is -0.133. The summed E-state index contributed by atoms with van der Waals surface area (Å²) < 4.78 is 0. The van der Waals surface area contributed by atoms with Crippen molar-refractivity contribution in [2.45, 2.75) is 46.6 Å². The number of rotatable bonds is 9. The van der Waals surface area contributed by atoms with Crippen LogP contribution in [0.1, 0.15) is 42.9 Å². The molecular formula is C27H38N4O2. The number of aryl methyl sites for hydroxylation is 2. The van der Waals surface area contributed by atoms with E-state index in [1.54, 1.807) is 4.90 Å². The van der Waals surface area contributed by atoms with E-state index in [2.05, 4.69) is 41.4 Å². The van der Waals surface area contributed by atoms with E-state index >= 15 is 0 Å². The number of amides is 3. The number of anilines is 1. The maximum Gasteiger partial charge on any atom is 0.321 e. The molecular weight excluding hydrogens is 412 g/mol. The second-order valence-corrected chi connectivity index (χ2v) is 8.93. The van der Waals surface area contributed by atoms with Crippen LogP contribution in [0.2, 0.25) is 0 Å². The Hall–Kier alpha value is -2.86. The van der Waals surface area contributed by atoms with Gasteiger partial charge in [0.15, 0.2) is 0 Å². The third-order valence-electron chi connectivity index (χ3n) is 6.35. The first-order valence-corrected chi connectivity index (χ1v) is 12.1. The zero-order valence-corrected chi connectivity index (χ0v) is 20.3. The molecule has 0 aromatic heterocycles. The molecule has 0 atom stereocenters. The van der Waals surface area contributed by atoms with Crippen molar-refractivity contribution in [3.8, 4) is 0 Å². The van der Waals surface area contributed by atoms with Crippen LogP contribution >= 0.6 is 0 Å². The molecule has 6 nitrogen and oxygen atoms in total. The number of benzene rings is 2. The number of piperazine rings is 1. The highest BCUT2D eigenvalue weighted by Crippen LogP contribution is 2.20. The van der Waals surface area contributed by atoms with E-state index in [0.717, 1.165) is 62.4 Å². The highest BCUT2D eigenvalue weighted by atomic mass is 16.2. The summed E-state index contributed by atoms with van der Waals surface area (Å²) in [6.45, 7) is 11.4. The van der Waals surface area contributed by atoms with Crippen LogP contribution in [0.5, 0.6) is 0 Å². The molecule has 6 heteroatoms. The fourth-order valence-corrected chi connectivity index (χ4v) is 4.25. The van der Waals surface area contributed by atoms with Crippen LogP contribution in [0.4, 0.5) is 10.5 Å². The molecule has 1 fully saturated rings. The summed E-state index contributed by atoms with van der Waals surface area (Å²) in [7, 11) is 0. The van der Waals surface area contributed by atoms with Gasteiger partial charge in [-0.1, -0.05) is 61.9 Å². The number of carbonyl (C=O) groups is 2. The van der Waals surface area contributed by atoms with Crippen molar-refractivity contribution in [1.82, 2.24) is 14.7 Å².